The lowest BCUT2D eigenvalue weighted by Gasteiger charge is -2.14. The summed E-state index contributed by atoms with van der Waals surface area (Å²) in [4.78, 5) is 22.5. The molecule has 2 heterocycles. The van der Waals surface area contributed by atoms with Crippen LogP contribution >= 0.6 is 0 Å². The minimum absolute atomic E-state index is 0.0341. The van der Waals surface area contributed by atoms with E-state index in [1.54, 1.807) is 0 Å². The molecule has 2 aromatic heterocycles. The number of nitrogens with zero attached hydrogens (tertiary/aromatic N) is 3. The van der Waals surface area contributed by atoms with Gasteiger partial charge in [-0.05, 0) is 42.8 Å². The van der Waals surface area contributed by atoms with Gasteiger partial charge in [-0.3, -0.25) is 4.79 Å². The Hall–Kier alpha value is -3.70. The molecule has 0 atom stereocenters. The van der Waals surface area contributed by atoms with Crippen LogP contribution in [-0.2, 0) is 17.1 Å². The highest BCUT2D eigenvalue weighted by Gasteiger charge is 2.37. The van der Waals surface area contributed by atoms with Gasteiger partial charge in [-0.25, -0.2) is 9.97 Å². The predicted molar refractivity (Wildman–Crippen MR) is 100 cm³/mol. The van der Waals surface area contributed by atoms with Crippen LogP contribution in [0.4, 0.5) is 35.1 Å². The van der Waals surface area contributed by atoms with Crippen LogP contribution in [0.15, 0.2) is 42.6 Å². The second-order valence-electron chi connectivity index (χ2n) is 6.72. The molecule has 0 aliphatic carbocycles. The van der Waals surface area contributed by atoms with Gasteiger partial charge in [0, 0.05) is 29.5 Å². The Bertz CT molecular complexity index is 1200. The molecule has 0 radical (unpaired) electrons. The molecule has 0 saturated carbocycles. The molecule has 0 aliphatic rings. The number of carbonyl (C=O) groups is 1. The first-order valence-corrected chi connectivity index (χ1v) is 8.93. The molecule has 1 aromatic carbocycles. The number of Topliss-reactive ketones (excluding diaryl/α,β-unsaturated/α-hetero) is 1. The summed E-state index contributed by atoms with van der Waals surface area (Å²) in [5.41, 5.74) is -4.19. The van der Waals surface area contributed by atoms with E-state index in [0.29, 0.717) is 12.1 Å². The fourth-order valence-corrected chi connectivity index (χ4v) is 2.83. The fraction of sp³-hybridized carbons (Fsp3) is 0.143. The molecular formula is C21H11F8N3O. The van der Waals surface area contributed by atoms with Crippen molar-refractivity contribution in [1.29, 1.82) is 0 Å². The largest absolute Gasteiger partial charge is 0.416 e. The third-order valence-corrected chi connectivity index (χ3v) is 4.27. The van der Waals surface area contributed by atoms with E-state index in [2.05, 4.69) is 15.0 Å². The first-order chi connectivity index (χ1) is 15.2. The maximum atomic E-state index is 13.4. The molecule has 0 aliphatic heterocycles. The molecule has 0 amide bonds. The number of hydrogen-bond donors (Lipinski definition) is 0. The Labute approximate surface area is 180 Å². The van der Waals surface area contributed by atoms with E-state index in [4.69, 9.17) is 0 Å². The lowest BCUT2D eigenvalue weighted by Crippen LogP contribution is -2.11. The zero-order chi connectivity index (χ0) is 24.6. The molecule has 33 heavy (non-hydrogen) atoms. The van der Waals surface area contributed by atoms with E-state index in [9.17, 15) is 39.9 Å². The number of aromatic nitrogens is 3. The monoisotopic (exact) mass is 473 g/mol. The molecule has 0 unspecified atom stereocenters. The summed E-state index contributed by atoms with van der Waals surface area (Å²) in [6.07, 6.45) is -8.01. The molecule has 0 fully saturated rings. The van der Waals surface area contributed by atoms with Crippen molar-refractivity contribution in [2.75, 3.05) is 0 Å². The van der Waals surface area contributed by atoms with Crippen LogP contribution in [0.5, 0.6) is 0 Å². The highest BCUT2D eigenvalue weighted by molar-refractivity contribution is 6.24. The fourth-order valence-electron chi connectivity index (χ4n) is 2.83. The Morgan fingerprint density at radius 2 is 1.39 bits per heavy atom. The standard InChI is InChI=1S/C21H11F8N3O/c1-10(33)16(11-6-17(22)32-18(23)7-11)9-15-2-3-30-19(31-15)12-4-13(20(24,25)26)8-14(5-12)21(27,28)29/h2-9H,1H3/b16-9-. The van der Waals surface area contributed by atoms with Gasteiger partial charge in [0.1, 0.15) is 0 Å². The van der Waals surface area contributed by atoms with Crippen molar-refractivity contribution < 1.29 is 39.9 Å². The van der Waals surface area contributed by atoms with Crippen LogP contribution in [0.2, 0.25) is 0 Å². The number of alkyl halides is 6. The lowest BCUT2D eigenvalue weighted by atomic mass is 10.0. The van der Waals surface area contributed by atoms with Crippen molar-refractivity contribution >= 4 is 17.4 Å². The molecule has 0 spiro atoms. The molecule has 172 valence electrons. The summed E-state index contributed by atoms with van der Waals surface area (Å²) >= 11 is 0. The summed E-state index contributed by atoms with van der Waals surface area (Å²) < 4.78 is 106. The highest BCUT2D eigenvalue weighted by atomic mass is 19.4. The predicted octanol–water partition coefficient (Wildman–Crippen LogP) is 5.98. The average Bonchev–Trinajstić information content (AvgIpc) is 2.69. The van der Waals surface area contributed by atoms with E-state index >= 15 is 0 Å². The van der Waals surface area contributed by atoms with Gasteiger partial charge in [-0.1, -0.05) is 0 Å². The SMILES string of the molecule is CC(=O)/C(=C/c1ccnc(-c2cc(C(F)(F)F)cc(C(F)(F)F)c2)n1)c1cc(F)nc(F)c1. The van der Waals surface area contributed by atoms with E-state index < -0.39 is 52.5 Å². The molecule has 0 bridgehead atoms. The van der Waals surface area contributed by atoms with Crippen LogP contribution < -0.4 is 0 Å². The number of halogens is 8. The highest BCUT2D eigenvalue weighted by Crippen LogP contribution is 2.38. The van der Waals surface area contributed by atoms with Gasteiger partial charge in [-0.15, -0.1) is 0 Å². The van der Waals surface area contributed by atoms with E-state index in [1.807, 2.05) is 0 Å². The van der Waals surface area contributed by atoms with Gasteiger partial charge in [0.25, 0.3) is 0 Å². The van der Waals surface area contributed by atoms with Gasteiger partial charge in [0.05, 0.1) is 16.8 Å². The minimum Gasteiger partial charge on any atom is -0.294 e. The number of ketones is 1. The van der Waals surface area contributed by atoms with Crippen LogP contribution in [0.25, 0.3) is 23.0 Å². The normalized spacial score (nSPS) is 12.7. The first kappa shape index (κ1) is 24.0. The van der Waals surface area contributed by atoms with Crippen molar-refractivity contribution in [2.45, 2.75) is 19.3 Å². The Morgan fingerprint density at radius 1 is 0.848 bits per heavy atom. The summed E-state index contributed by atoms with van der Waals surface area (Å²) in [5.74, 6) is -3.54. The second-order valence-corrected chi connectivity index (χ2v) is 6.72. The zero-order valence-corrected chi connectivity index (χ0v) is 16.4. The molecule has 4 nitrogen and oxygen atoms in total. The topological polar surface area (TPSA) is 55.7 Å². The number of pyridine rings is 1. The van der Waals surface area contributed by atoms with Crippen molar-refractivity contribution in [3.63, 3.8) is 0 Å². The van der Waals surface area contributed by atoms with Crippen LogP contribution in [0.1, 0.15) is 29.3 Å². The van der Waals surface area contributed by atoms with Crippen molar-refractivity contribution in [2.24, 2.45) is 0 Å². The van der Waals surface area contributed by atoms with Gasteiger partial charge in [0.2, 0.25) is 11.9 Å². The third-order valence-electron chi connectivity index (χ3n) is 4.27. The van der Waals surface area contributed by atoms with Gasteiger partial charge in [-0.2, -0.15) is 40.1 Å². The van der Waals surface area contributed by atoms with E-state index in [1.165, 1.54) is 6.07 Å². The zero-order valence-electron chi connectivity index (χ0n) is 16.4. The Morgan fingerprint density at radius 3 is 1.88 bits per heavy atom. The van der Waals surface area contributed by atoms with Crippen molar-refractivity contribution in [3.8, 4) is 11.4 Å². The Kier molecular flexibility index (Phi) is 6.30. The van der Waals surface area contributed by atoms with Crippen molar-refractivity contribution in [3.05, 3.63) is 76.9 Å². The average molecular weight is 473 g/mol. The summed E-state index contributed by atoms with van der Waals surface area (Å²) in [6, 6.07) is 3.64. The van der Waals surface area contributed by atoms with E-state index in [-0.39, 0.29) is 22.9 Å². The van der Waals surface area contributed by atoms with E-state index in [0.717, 1.165) is 31.3 Å². The molecule has 0 N–H and O–H groups in total. The van der Waals surface area contributed by atoms with Crippen molar-refractivity contribution in [1.82, 2.24) is 15.0 Å². The quantitative estimate of drug-likeness (QED) is 0.266. The molecule has 12 heteroatoms. The van der Waals surface area contributed by atoms with Crippen LogP contribution in [-0.4, -0.2) is 20.7 Å². The Balaban J connectivity index is 2.14. The first-order valence-electron chi connectivity index (χ1n) is 8.93. The molecular weight excluding hydrogens is 462 g/mol. The molecule has 0 saturated heterocycles. The summed E-state index contributed by atoms with van der Waals surface area (Å²) in [6.45, 7) is 1.09. The lowest BCUT2D eigenvalue weighted by molar-refractivity contribution is -0.143. The third kappa shape index (κ3) is 5.76. The summed E-state index contributed by atoms with van der Waals surface area (Å²) in [5, 5.41) is 0. The van der Waals surface area contributed by atoms with Crippen LogP contribution in [0.3, 0.4) is 0 Å². The smallest absolute Gasteiger partial charge is 0.294 e. The van der Waals surface area contributed by atoms with Gasteiger partial charge < -0.3 is 0 Å². The minimum atomic E-state index is -5.06. The van der Waals surface area contributed by atoms with Gasteiger partial charge >= 0.3 is 12.4 Å². The molecule has 3 rings (SSSR count). The second kappa shape index (κ2) is 8.68. The number of carbonyl (C=O) groups excluding carboxylic acids is 1. The van der Waals surface area contributed by atoms with Gasteiger partial charge in [0.15, 0.2) is 11.6 Å². The number of hydrogen-bond acceptors (Lipinski definition) is 4. The number of benzene rings is 1. The number of rotatable bonds is 4. The summed E-state index contributed by atoms with van der Waals surface area (Å²) in [7, 11) is 0. The van der Waals surface area contributed by atoms with Crippen LogP contribution in [0, 0.1) is 11.9 Å². The molecule has 3 aromatic rings. The maximum Gasteiger partial charge on any atom is 0.416 e. The maximum absolute atomic E-state index is 13.4. The number of allylic oxidation sites excluding steroid dienone is 1.